The highest BCUT2D eigenvalue weighted by Crippen LogP contribution is 2.22. The third-order valence-electron chi connectivity index (χ3n) is 4.59. The second-order valence-electron chi connectivity index (χ2n) is 6.24. The van der Waals surface area contributed by atoms with Gasteiger partial charge >= 0.3 is 0 Å². The van der Waals surface area contributed by atoms with Crippen LogP contribution in [0.15, 0.2) is 54.6 Å². The van der Waals surface area contributed by atoms with Crippen molar-refractivity contribution in [2.75, 3.05) is 13.1 Å². The summed E-state index contributed by atoms with van der Waals surface area (Å²) in [7, 11) is 0. The van der Waals surface area contributed by atoms with Crippen LogP contribution in [0.25, 0.3) is 11.1 Å². The Morgan fingerprint density at radius 1 is 1.00 bits per heavy atom. The molecule has 0 aliphatic carbocycles. The Morgan fingerprint density at radius 3 is 2.26 bits per heavy atom. The summed E-state index contributed by atoms with van der Waals surface area (Å²) in [5, 5.41) is 6.45. The van der Waals surface area contributed by atoms with Crippen molar-refractivity contribution in [2.45, 2.75) is 25.8 Å². The van der Waals surface area contributed by atoms with Crippen molar-refractivity contribution in [1.82, 2.24) is 10.6 Å². The summed E-state index contributed by atoms with van der Waals surface area (Å²) in [4.78, 5) is 12.3. The molecule has 0 aromatic heterocycles. The minimum atomic E-state index is 0.0437. The molecule has 3 heteroatoms. The lowest BCUT2D eigenvalue weighted by atomic mass is 9.96. The number of benzene rings is 2. The van der Waals surface area contributed by atoms with Gasteiger partial charge in [-0.05, 0) is 49.5 Å². The number of amides is 1. The van der Waals surface area contributed by atoms with Crippen molar-refractivity contribution in [3.63, 3.8) is 0 Å². The summed E-state index contributed by atoms with van der Waals surface area (Å²) in [6.07, 6.45) is 1.87. The molecule has 1 aliphatic rings. The van der Waals surface area contributed by atoms with Crippen molar-refractivity contribution in [3.8, 4) is 11.1 Å². The number of carbonyl (C=O) groups is 1. The molecule has 1 amide bonds. The maximum atomic E-state index is 12.3. The maximum absolute atomic E-state index is 12.3. The van der Waals surface area contributed by atoms with Crippen LogP contribution in [0.5, 0.6) is 0 Å². The van der Waals surface area contributed by atoms with E-state index in [4.69, 9.17) is 0 Å². The van der Waals surface area contributed by atoms with E-state index in [2.05, 4.69) is 54.0 Å². The molecule has 1 unspecified atom stereocenters. The van der Waals surface area contributed by atoms with Gasteiger partial charge in [0, 0.05) is 5.92 Å². The number of nitrogens with one attached hydrogen (secondary N) is 2. The molecule has 23 heavy (non-hydrogen) atoms. The van der Waals surface area contributed by atoms with E-state index < -0.39 is 0 Å². The third kappa shape index (κ3) is 3.99. The Morgan fingerprint density at radius 2 is 1.61 bits per heavy atom. The van der Waals surface area contributed by atoms with E-state index in [0.29, 0.717) is 0 Å². The summed E-state index contributed by atoms with van der Waals surface area (Å²) >= 11 is 0. The van der Waals surface area contributed by atoms with E-state index in [1.54, 1.807) is 0 Å². The lowest BCUT2D eigenvalue weighted by Crippen LogP contribution is -2.39. The van der Waals surface area contributed by atoms with Crippen LogP contribution in [0.1, 0.15) is 31.4 Å². The van der Waals surface area contributed by atoms with Crippen LogP contribution in [0, 0.1) is 5.92 Å². The van der Waals surface area contributed by atoms with Gasteiger partial charge in [-0.25, -0.2) is 0 Å². The van der Waals surface area contributed by atoms with Crippen LogP contribution >= 0.6 is 0 Å². The first-order chi connectivity index (χ1) is 11.2. The van der Waals surface area contributed by atoms with Crippen LogP contribution in [0.4, 0.5) is 0 Å². The first-order valence-electron chi connectivity index (χ1n) is 8.40. The van der Waals surface area contributed by atoms with Crippen molar-refractivity contribution >= 4 is 5.91 Å². The Balaban J connectivity index is 1.63. The van der Waals surface area contributed by atoms with Crippen molar-refractivity contribution in [3.05, 3.63) is 60.2 Å². The Hall–Kier alpha value is -2.13. The molecular formula is C20H24N2O. The molecule has 2 aromatic rings. The van der Waals surface area contributed by atoms with Crippen molar-refractivity contribution < 1.29 is 4.79 Å². The van der Waals surface area contributed by atoms with Gasteiger partial charge in [-0.15, -0.1) is 0 Å². The highest BCUT2D eigenvalue weighted by atomic mass is 16.1. The van der Waals surface area contributed by atoms with Crippen LogP contribution in [-0.4, -0.2) is 19.0 Å². The summed E-state index contributed by atoms with van der Waals surface area (Å²) in [6, 6.07) is 18.8. The Labute approximate surface area is 138 Å². The van der Waals surface area contributed by atoms with Gasteiger partial charge in [-0.1, -0.05) is 54.6 Å². The molecule has 120 valence electrons. The number of rotatable bonds is 4. The molecular weight excluding hydrogens is 284 g/mol. The molecule has 0 saturated carbocycles. The zero-order valence-corrected chi connectivity index (χ0v) is 13.6. The topological polar surface area (TPSA) is 41.1 Å². The lowest BCUT2D eigenvalue weighted by Gasteiger charge is -2.24. The first kappa shape index (κ1) is 15.8. The third-order valence-corrected chi connectivity index (χ3v) is 4.59. The van der Waals surface area contributed by atoms with Crippen LogP contribution in [-0.2, 0) is 4.79 Å². The zero-order valence-electron chi connectivity index (χ0n) is 13.6. The number of piperidine rings is 1. The fraction of sp³-hybridized carbons (Fsp3) is 0.350. The number of hydrogen-bond donors (Lipinski definition) is 2. The molecule has 1 heterocycles. The Bertz CT molecular complexity index is 630. The average molecular weight is 308 g/mol. The zero-order chi connectivity index (χ0) is 16.1. The van der Waals surface area contributed by atoms with Gasteiger partial charge < -0.3 is 10.6 Å². The van der Waals surface area contributed by atoms with E-state index in [0.717, 1.165) is 31.5 Å². The molecule has 1 aliphatic heterocycles. The van der Waals surface area contributed by atoms with Gasteiger partial charge in [0.15, 0.2) is 0 Å². The van der Waals surface area contributed by atoms with Gasteiger partial charge in [-0.2, -0.15) is 0 Å². The maximum Gasteiger partial charge on any atom is 0.223 e. The summed E-state index contributed by atoms with van der Waals surface area (Å²) in [6.45, 7) is 3.94. The molecule has 1 fully saturated rings. The highest BCUT2D eigenvalue weighted by molar-refractivity contribution is 5.79. The van der Waals surface area contributed by atoms with Crippen molar-refractivity contribution in [2.24, 2.45) is 5.92 Å². The molecule has 1 saturated heterocycles. The molecule has 0 spiro atoms. The van der Waals surface area contributed by atoms with E-state index in [-0.39, 0.29) is 17.9 Å². The largest absolute Gasteiger partial charge is 0.349 e. The second-order valence-corrected chi connectivity index (χ2v) is 6.24. The fourth-order valence-corrected chi connectivity index (χ4v) is 3.09. The first-order valence-corrected chi connectivity index (χ1v) is 8.40. The normalized spacial score (nSPS) is 16.7. The van der Waals surface area contributed by atoms with Gasteiger partial charge in [-0.3, -0.25) is 4.79 Å². The molecule has 1 atom stereocenters. The van der Waals surface area contributed by atoms with Gasteiger partial charge in [0.05, 0.1) is 6.04 Å². The predicted octanol–water partition coefficient (Wildman–Crippen LogP) is 3.53. The van der Waals surface area contributed by atoms with E-state index in [9.17, 15) is 4.79 Å². The predicted molar refractivity (Wildman–Crippen MR) is 94.0 cm³/mol. The Kier molecular flexibility index (Phi) is 5.09. The van der Waals surface area contributed by atoms with Gasteiger partial charge in [0.2, 0.25) is 5.91 Å². The van der Waals surface area contributed by atoms with E-state index in [1.807, 2.05) is 18.2 Å². The van der Waals surface area contributed by atoms with Gasteiger partial charge in [0.1, 0.15) is 0 Å². The smallest absolute Gasteiger partial charge is 0.223 e. The number of hydrogen-bond acceptors (Lipinski definition) is 2. The quantitative estimate of drug-likeness (QED) is 0.907. The molecule has 0 radical (unpaired) electrons. The van der Waals surface area contributed by atoms with E-state index >= 15 is 0 Å². The average Bonchev–Trinajstić information content (AvgIpc) is 2.63. The highest BCUT2D eigenvalue weighted by Gasteiger charge is 2.22. The van der Waals surface area contributed by atoms with Crippen LogP contribution in [0.3, 0.4) is 0 Å². The SMILES string of the molecule is CC(NC(=O)C1CCNCC1)c1ccc(-c2ccccc2)cc1. The molecule has 3 nitrogen and oxygen atoms in total. The molecule has 2 N–H and O–H groups in total. The minimum Gasteiger partial charge on any atom is -0.349 e. The summed E-state index contributed by atoms with van der Waals surface area (Å²) in [5.41, 5.74) is 3.56. The summed E-state index contributed by atoms with van der Waals surface area (Å²) in [5.74, 6) is 0.341. The fourth-order valence-electron chi connectivity index (χ4n) is 3.09. The lowest BCUT2D eigenvalue weighted by molar-refractivity contribution is -0.126. The molecule has 0 bridgehead atoms. The van der Waals surface area contributed by atoms with E-state index in [1.165, 1.54) is 11.1 Å². The van der Waals surface area contributed by atoms with Crippen molar-refractivity contribution in [1.29, 1.82) is 0 Å². The standard InChI is InChI=1S/C20H24N2O/c1-15(22-20(23)19-11-13-21-14-12-19)16-7-9-18(10-8-16)17-5-3-2-4-6-17/h2-10,15,19,21H,11-14H2,1H3,(H,22,23). The van der Waals surface area contributed by atoms with Crippen LogP contribution in [0.2, 0.25) is 0 Å². The van der Waals surface area contributed by atoms with Crippen LogP contribution < -0.4 is 10.6 Å². The summed E-state index contributed by atoms with van der Waals surface area (Å²) < 4.78 is 0. The minimum absolute atomic E-state index is 0.0437. The molecule has 3 rings (SSSR count). The van der Waals surface area contributed by atoms with Gasteiger partial charge in [0.25, 0.3) is 0 Å². The molecule has 2 aromatic carbocycles. The second kappa shape index (κ2) is 7.42. The number of carbonyl (C=O) groups excluding carboxylic acids is 1. The monoisotopic (exact) mass is 308 g/mol.